The molecule has 0 bridgehead atoms. The van der Waals surface area contributed by atoms with Crippen LogP contribution in [0.3, 0.4) is 0 Å². The number of anilines is 1. The third kappa shape index (κ3) is 8.44. The fourth-order valence-corrected chi connectivity index (χ4v) is 5.32. The molecule has 1 amide bonds. The van der Waals surface area contributed by atoms with Crippen LogP contribution in [0.5, 0.6) is 5.75 Å². The van der Waals surface area contributed by atoms with Gasteiger partial charge in [0, 0.05) is 18.8 Å². The molecular formula is C28H45ClN2O7. The van der Waals surface area contributed by atoms with E-state index < -0.39 is 30.4 Å². The van der Waals surface area contributed by atoms with Crippen LogP contribution in [0.25, 0.3) is 0 Å². The van der Waals surface area contributed by atoms with Crippen molar-refractivity contribution in [2.24, 2.45) is 0 Å². The zero-order chi connectivity index (χ0) is 26.3. The zero-order valence-corrected chi connectivity index (χ0v) is 24.0. The van der Waals surface area contributed by atoms with Gasteiger partial charge < -0.3 is 28.4 Å². The summed E-state index contributed by atoms with van der Waals surface area (Å²) in [7, 11) is 1.61. The number of benzene rings is 1. The van der Waals surface area contributed by atoms with Crippen molar-refractivity contribution in [3.63, 3.8) is 0 Å². The molecule has 10 heteroatoms. The minimum Gasteiger partial charge on any atom is -0.497 e. The van der Waals surface area contributed by atoms with Gasteiger partial charge in [-0.05, 0) is 70.5 Å². The average Bonchev–Trinajstić information content (AvgIpc) is 3.57. The number of fused-ring (bicyclic) bond motifs is 1. The molecule has 38 heavy (non-hydrogen) atoms. The van der Waals surface area contributed by atoms with Crippen LogP contribution in [-0.2, 0) is 23.7 Å². The average molecular weight is 557 g/mol. The molecule has 5 atom stereocenters. The van der Waals surface area contributed by atoms with Gasteiger partial charge in [-0.25, -0.2) is 4.79 Å². The second-order valence-electron chi connectivity index (χ2n) is 10.6. The highest BCUT2D eigenvalue weighted by Crippen LogP contribution is 2.41. The number of methoxy groups -OCH3 is 1. The number of likely N-dealkylation sites (tertiary alicyclic amines) is 1. The SMILES string of the molecule is CCCCCCCO[C@H]1O[C@H](C(CN2CCCC2)OC(=O)Nc2ccc(OC)cc2)[C@@H]2OC(C)(C)O[C@H]12.Cl. The summed E-state index contributed by atoms with van der Waals surface area (Å²) >= 11 is 0. The number of nitrogens with one attached hydrogen (secondary N) is 1. The summed E-state index contributed by atoms with van der Waals surface area (Å²) in [6, 6.07) is 7.13. The van der Waals surface area contributed by atoms with Crippen LogP contribution in [0.2, 0.25) is 0 Å². The molecule has 0 saturated carbocycles. The maximum absolute atomic E-state index is 13.0. The van der Waals surface area contributed by atoms with E-state index in [4.69, 9.17) is 28.4 Å². The number of rotatable bonds is 13. The van der Waals surface area contributed by atoms with Crippen molar-refractivity contribution in [3.05, 3.63) is 24.3 Å². The molecule has 1 aromatic rings. The highest BCUT2D eigenvalue weighted by Gasteiger charge is 2.58. The first kappa shape index (κ1) is 30.9. The van der Waals surface area contributed by atoms with Crippen molar-refractivity contribution in [1.29, 1.82) is 0 Å². The number of hydrogen-bond acceptors (Lipinski definition) is 8. The number of hydrogen-bond donors (Lipinski definition) is 1. The molecule has 3 aliphatic rings. The van der Waals surface area contributed by atoms with E-state index in [1.807, 2.05) is 13.8 Å². The second-order valence-corrected chi connectivity index (χ2v) is 10.6. The lowest BCUT2D eigenvalue weighted by Crippen LogP contribution is -2.47. The number of ether oxygens (including phenoxy) is 6. The smallest absolute Gasteiger partial charge is 0.412 e. The molecule has 0 aromatic heterocycles. The zero-order valence-electron chi connectivity index (χ0n) is 23.2. The van der Waals surface area contributed by atoms with Crippen molar-refractivity contribution >= 4 is 24.2 Å². The normalized spacial score (nSPS) is 26.9. The van der Waals surface area contributed by atoms with E-state index in [0.29, 0.717) is 24.6 Å². The minimum absolute atomic E-state index is 0. The van der Waals surface area contributed by atoms with Crippen molar-refractivity contribution in [3.8, 4) is 5.75 Å². The van der Waals surface area contributed by atoms with E-state index in [1.165, 1.54) is 19.3 Å². The van der Waals surface area contributed by atoms with Crippen LogP contribution < -0.4 is 10.1 Å². The Balaban J connectivity index is 0.00000400. The highest BCUT2D eigenvalue weighted by atomic mass is 35.5. The molecular weight excluding hydrogens is 512 g/mol. The molecule has 3 aliphatic heterocycles. The first-order valence-electron chi connectivity index (χ1n) is 13.9. The first-order valence-corrected chi connectivity index (χ1v) is 13.9. The number of carbonyl (C=O) groups excluding carboxylic acids is 1. The quantitative estimate of drug-likeness (QED) is 0.325. The maximum atomic E-state index is 13.0. The van der Waals surface area contributed by atoms with Crippen molar-refractivity contribution in [2.45, 2.75) is 102 Å². The molecule has 216 valence electrons. The number of amides is 1. The Morgan fingerprint density at radius 2 is 1.76 bits per heavy atom. The van der Waals surface area contributed by atoms with E-state index >= 15 is 0 Å². The second kappa shape index (κ2) is 14.7. The van der Waals surface area contributed by atoms with Gasteiger partial charge in [0.1, 0.15) is 30.2 Å². The lowest BCUT2D eigenvalue weighted by Gasteiger charge is -2.31. The largest absolute Gasteiger partial charge is 0.497 e. The molecule has 1 unspecified atom stereocenters. The lowest BCUT2D eigenvalue weighted by atomic mass is 10.1. The Kier molecular flexibility index (Phi) is 11.9. The van der Waals surface area contributed by atoms with E-state index in [9.17, 15) is 4.79 Å². The molecule has 1 N–H and O–H groups in total. The molecule has 1 aromatic carbocycles. The molecule has 3 heterocycles. The molecule has 0 spiro atoms. The molecule has 3 fully saturated rings. The molecule has 0 radical (unpaired) electrons. The van der Waals surface area contributed by atoms with E-state index in [1.54, 1.807) is 31.4 Å². The maximum Gasteiger partial charge on any atom is 0.412 e. The molecule has 3 saturated heterocycles. The van der Waals surface area contributed by atoms with Crippen LogP contribution in [0.4, 0.5) is 10.5 Å². The third-order valence-corrected chi connectivity index (χ3v) is 7.17. The van der Waals surface area contributed by atoms with Gasteiger partial charge in [0.05, 0.1) is 7.11 Å². The van der Waals surface area contributed by atoms with Crippen molar-refractivity contribution < 1.29 is 33.2 Å². The summed E-state index contributed by atoms with van der Waals surface area (Å²) in [5, 5.41) is 2.82. The van der Waals surface area contributed by atoms with Gasteiger partial charge in [-0.3, -0.25) is 10.2 Å². The number of nitrogens with zero attached hydrogens (tertiary/aromatic N) is 1. The Morgan fingerprint density at radius 1 is 1.08 bits per heavy atom. The molecule has 9 nitrogen and oxygen atoms in total. The summed E-state index contributed by atoms with van der Waals surface area (Å²) in [5.74, 6) is -0.0439. The van der Waals surface area contributed by atoms with Gasteiger partial charge >= 0.3 is 6.09 Å². The highest BCUT2D eigenvalue weighted by molar-refractivity contribution is 5.85. The van der Waals surface area contributed by atoms with Gasteiger partial charge in [0.15, 0.2) is 12.1 Å². The van der Waals surface area contributed by atoms with Crippen LogP contribution >= 0.6 is 12.4 Å². The van der Waals surface area contributed by atoms with E-state index in [2.05, 4.69) is 17.1 Å². The van der Waals surface area contributed by atoms with E-state index in [-0.39, 0.29) is 24.6 Å². The molecule has 0 aliphatic carbocycles. The first-order chi connectivity index (χ1) is 17.9. The monoisotopic (exact) mass is 556 g/mol. The predicted molar refractivity (Wildman–Crippen MR) is 147 cm³/mol. The Labute approximate surface area is 233 Å². The van der Waals surface area contributed by atoms with E-state index in [0.717, 1.165) is 38.8 Å². The summed E-state index contributed by atoms with van der Waals surface area (Å²) in [5.41, 5.74) is 0.627. The number of halogens is 1. The minimum atomic E-state index is -0.760. The third-order valence-electron chi connectivity index (χ3n) is 7.17. The van der Waals surface area contributed by atoms with Crippen LogP contribution in [0.1, 0.15) is 65.7 Å². The summed E-state index contributed by atoms with van der Waals surface area (Å²) < 4.78 is 36.2. The predicted octanol–water partition coefficient (Wildman–Crippen LogP) is 5.36. The standard InChI is InChI=1S/C28H44N2O7.ClH/c1-5-6-7-8-11-18-33-26-25-24(36-28(2,3)37-25)23(35-26)22(19-30-16-9-10-17-30)34-27(31)29-20-12-14-21(32-4)15-13-20;/h12-15,22-26H,5-11,16-19H2,1-4H3,(H,29,31);1H/t22?,23-,24+,25+,26+;/m1./s1. The van der Waals surface area contributed by atoms with Crippen molar-refractivity contribution in [2.75, 3.05) is 38.7 Å². The lowest BCUT2D eigenvalue weighted by molar-refractivity contribution is -0.243. The number of unbranched alkanes of at least 4 members (excludes halogenated alkanes) is 4. The fourth-order valence-electron chi connectivity index (χ4n) is 5.32. The van der Waals surface area contributed by atoms with Gasteiger partial charge in [0.2, 0.25) is 0 Å². The van der Waals surface area contributed by atoms with Crippen LogP contribution in [0, 0.1) is 0 Å². The van der Waals surface area contributed by atoms with Crippen LogP contribution in [-0.4, -0.2) is 80.8 Å². The van der Waals surface area contributed by atoms with Gasteiger partial charge in [-0.1, -0.05) is 32.6 Å². The van der Waals surface area contributed by atoms with Gasteiger partial charge in [0.25, 0.3) is 0 Å². The van der Waals surface area contributed by atoms with Crippen LogP contribution in [0.15, 0.2) is 24.3 Å². The Morgan fingerprint density at radius 3 is 2.45 bits per heavy atom. The summed E-state index contributed by atoms with van der Waals surface area (Å²) in [4.78, 5) is 15.3. The Bertz CT molecular complexity index is 850. The van der Waals surface area contributed by atoms with Crippen molar-refractivity contribution in [1.82, 2.24) is 4.90 Å². The summed E-state index contributed by atoms with van der Waals surface area (Å²) in [6.07, 6.45) is 5.15. The Hall–Kier alpha value is -1.62. The topological polar surface area (TPSA) is 87.7 Å². The van der Waals surface area contributed by atoms with Gasteiger partial charge in [-0.15, -0.1) is 12.4 Å². The number of carbonyl (C=O) groups is 1. The summed E-state index contributed by atoms with van der Waals surface area (Å²) in [6.45, 7) is 9.12. The van der Waals surface area contributed by atoms with Gasteiger partial charge in [-0.2, -0.15) is 0 Å². The molecule has 4 rings (SSSR count). The fraction of sp³-hybridized carbons (Fsp3) is 0.750.